The van der Waals surface area contributed by atoms with E-state index in [0.717, 1.165) is 90.7 Å². The molecule has 3 N–H and O–H groups in total. The van der Waals surface area contributed by atoms with Crippen LogP contribution in [0, 0.1) is 22.7 Å². The molecule has 4 fully saturated rings. The number of pyridine rings is 1. The van der Waals surface area contributed by atoms with E-state index in [9.17, 15) is 19.2 Å². The smallest absolute Gasteiger partial charge is 0.247 e. The number of piperidine rings is 3. The maximum absolute atomic E-state index is 13.6. The van der Waals surface area contributed by atoms with Crippen LogP contribution in [0.25, 0.3) is 10.4 Å². The van der Waals surface area contributed by atoms with Crippen molar-refractivity contribution in [2.75, 3.05) is 62.6 Å². The number of likely N-dealkylation sites (tertiary alicyclic amines) is 2. The van der Waals surface area contributed by atoms with Gasteiger partial charge in [-0.1, -0.05) is 54.6 Å². The fraction of sp³-hybridized carbons (Fsp3) is 0.385. The van der Waals surface area contributed by atoms with E-state index in [1.54, 1.807) is 29.7 Å². The fourth-order valence-electron chi connectivity index (χ4n) is 10.1. The van der Waals surface area contributed by atoms with Crippen molar-refractivity contribution >= 4 is 46.5 Å². The zero-order valence-electron chi connectivity index (χ0n) is 36.7. The van der Waals surface area contributed by atoms with E-state index >= 15 is 0 Å². The van der Waals surface area contributed by atoms with E-state index in [4.69, 9.17) is 5.26 Å². The number of imide groups is 1. The van der Waals surface area contributed by atoms with Crippen LogP contribution in [0.3, 0.4) is 0 Å². The van der Waals surface area contributed by atoms with Gasteiger partial charge in [0, 0.05) is 86.0 Å². The van der Waals surface area contributed by atoms with E-state index in [0.29, 0.717) is 54.9 Å². The predicted octanol–water partition coefficient (Wildman–Crippen LogP) is 7.10. The zero-order valence-corrected chi connectivity index (χ0v) is 37.5. The highest BCUT2D eigenvalue weighted by atomic mass is 32.1. The van der Waals surface area contributed by atoms with Crippen LogP contribution in [0.2, 0.25) is 0 Å². The van der Waals surface area contributed by atoms with Crippen LogP contribution in [0.5, 0.6) is 0 Å². The number of thiophene rings is 1. The number of carbonyl (C=O) groups is 4. The summed E-state index contributed by atoms with van der Waals surface area (Å²) < 4.78 is 0. The molecule has 334 valence electrons. The van der Waals surface area contributed by atoms with Crippen LogP contribution in [0.4, 0.5) is 11.5 Å². The van der Waals surface area contributed by atoms with Crippen molar-refractivity contribution in [3.8, 4) is 16.5 Å². The van der Waals surface area contributed by atoms with Crippen molar-refractivity contribution in [1.29, 1.82) is 5.26 Å². The molecule has 4 aliphatic heterocycles. The zero-order chi connectivity index (χ0) is 44.8. The summed E-state index contributed by atoms with van der Waals surface area (Å²) in [6, 6.07) is 34.9. The summed E-state index contributed by atoms with van der Waals surface area (Å²) in [5, 5.41) is 18.0. The molecule has 2 aromatic heterocycles. The lowest BCUT2D eigenvalue weighted by Crippen LogP contribution is -2.61. The monoisotopic (exact) mass is 888 g/mol. The average molecular weight is 889 g/mol. The first kappa shape index (κ1) is 44.0. The van der Waals surface area contributed by atoms with Gasteiger partial charge in [-0.05, 0) is 115 Å². The molecule has 0 radical (unpaired) electrons. The Hall–Kier alpha value is -6.20. The summed E-state index contributed by atoms with van der Waals surface area (Å²) >= 11 is 1.61. The second kappa shape index (κ2) is 19.9. The molecule has 13 heteroatoms. The summed E-state index contributed by atoms with van der Waals surface area (Å²) in [6.45, 7) is 7.73. The van der Waals surface area contributed by atoms with E-state index in [1.807, 2.05) is 71.6 Å². The lowest BCUT2D eigenvalue weighted by atomic mass is 9.71. The molecule has 6 heterocycles. The lowest BCUT2D eigenvalue weighted by Gasteiger charge is -2.55. The normalized spacial score (nSPS) is 19.3. The van der Waals surface area contributed by atoms with Crippen LogP contribution in [-0.2, 0) is 32.0 Å². The number of nitriles is 1. The second-order valence-corrected chi connectivity index (χ2v) is 19.5. The van der Waals surface area contributed by atoms with Gasteiger partial charge in [-0.3, -0.25) is 24.5 Å². The van der Waals surface area contributed by atoms with Gasteiger partial charge < -0.3 is 25.3 Å². The Morgan fingerprint density at radius 1 is 0.877 bits per heavy atom. The van der Waals surface area contributed by atoms with Crippen LogP contribution in [0.15, 0.2) is 109 Å². The van der Waals surface area contributed by atoms with Crippen LogP contribution in [0.1, 0.15) is 77.6 Å². The van der Waals surface area contributed by atoms with Gasteiger partial charge in [-0.15, -0.1) is 11.3 Å². The van der Waals surface area contributed by atoms with Crippen molar-refractivity contribution < 1.29 is 19.2 Å². The molecule has 3 aromatic carbocycles. The second-order valence-electron chi connectivity index (χ2n) is 18.3. The standard InChI is InChI=1S/C52H56N8O4S/c53-31-37-8-6-36(7-9-37)20-25-54-49(40-4-2-1-3-5-40)51(64)56-46-18-12-41(32-55-46)45-17-15-43(65-45)30-48(62)60-26-21-38(22-27-60)33-58-34-52(35-58)23-28-59(29-24-52)42-13-10-39(11-14-42)44-16-19-47(61)57-50(44)63/h1-15,17-18,32,38,44,49,54H,16,19-30,33-35H2,(H,55,56,64)(H,57,61,63). The molecular weight excluding hydrogens is 833 g/mol. The Labute approximate surface area is 385 Å². The third-order valence-electron chi connectivity index (χ3n) is 13.9. The van der Waals surface area contributed by atoms with Crippen molar-refractivity contribution in [1.82, 2.24) is 25.4 Å². The Kier molecular flexibility index (Phi) is 13.5. The first-order valence-electron chi connectivity index (χ1n) is 23.0. The van der Waals surface area contributed by atoms with E-state index in [-0.39, 0.29) is 29.5 Å². The third kappa shape index (κ3) is 10.7. The van der Waals surface area contributed by atoms with Gasteiger partial charge in [0.1, 0.15) is 11.9 Å². The quantitative estimate of drug-likeness (QED) is 0.0993. The van der Waals surface area contributed by atoms with Gasteiger partial charge in [-0.2, -0.15) is 5.26 Å². The molecule has 12 nitrogen and oxygen atoms in total. The molecule has 0 bridgehead atoms. The number of hydrogen-bond acceptors (Lipinski definition) is 10. The number of hydrogen-bond donors (Lipinski definition) is 3. The number of amides is 4. The van der Waals surface area contributed by atoms with Gasteiger partial charge in [0.2, 0.25) is 23.6 Å². The van der Waals surface area contributed by atoms with Crippen LogP contribution >= 0.6 is 11.3 Å². The molecule has 5 aromatic rings. The molecule has 4 aliphatic rings. The van der Waals surface area contributed by atoms with Gasteiger partial charge >= 0.3 is 0 Å². The minimum atomic E-state index is -0.573. The summed E-state index contributed by atoms with van der Waals surface area (Å²) in [6.07, 6.45) is 8.31. The van der Waals surface area contributed by atoms with E-state index < -0.39 is 6.04 Å². The minimum Gasteiger partial charge on any atom is -0.371 e. The molecule has 2 unspecified atom stereocenters. The highest BCUT2D eigenvalue weighted by Gasteiger charge is 2.45. The van der Waals surface area contributed by atoms with E-state index in [1.165, 1.54) is 18.5 Å². The molecule has 2 atom stereocenters. The Morgan fingerprint density at radius 3 is 2.32 bits per heavy atom. The lowest BCUT2D eigenvalue weighted by molar-refractivity contribution is -0.134. The maximum Gasteiger partial charge on any atom is 0.247 e. The first-order valence-corrected chi connectivity index (χ1v) is 23.8. The number of nitrogens with one attached hydrogen (secondary N) is 3. The summed E-state index contributed by atoms with van der Waals surface area (Å²) in [4.78, 5) is 64.7. The number of carbonyl (C=O) groups excluding carboxylic acids is 4. The van der Waals surface area contributed by atoms with Crippen molar-refractivity contribution in [2.24, 2.45) is 11.3 Å². The topological polar surface area (TPSA) is 151 Å². The molecule has 4 amide bonds. The van der Waals surface area contributed by atoms with Crippen molar-refractivity contribution in [3.05, 3.63) is 136 Å². The van der Waals surface area contributed by atoms with Crippen molar-refractivity contribution in [3.63, 3.8) is 0 Å². The first-order chi connectivity index (χ1) is 31.7. The number of nitrogens with zero attached hydrogens (tertiary/aromatic N) is 5. The summed E-state index contributed by atoms with van der Waals surface area (Å²) in [7, 11) is 0. The third-order valence-corrected chi connectivity index (χ3v) is 15.0. The molecule has 65 heavy (non-hydrogen) atoms. The molecule has 0 aliphatic carbocycles. The van der Waals surface area contributed by atoms with E-state index in [2.05, 4.69) is 61.1 Å². The number of aromatic nitrogens is 1. The Balaban J connectivity index is 0.688. The highest BCUT2D eigenvalue weighted by Crippen LogP contribution is 2.42. The van der Waals surface area contributed by atoms with Gasteiger partial charge in [-0.25, -0.2) is 4.98 Å². The van der Waals surface area contributed by atoms with Gasteiger partial charge in [0.15, 0.2) is 0 Å². The largest absolute Gasteiger partial charge is 0.371 e. The molecule has 9 rings (SSSR count). The molecule has 4 saturated heterocycles. The van der Waals surface area contributed by atoms with Crippen LogP contribution in [-0.4, -0.2) is 90.8 Å². The molecular formula is C52H56N8O4S. The Morgan fingerprint density at radius 2 is 1.63 bits per heavy atom. The molecule has 0 saturated carbocycles. The van der Waals surface area contributed by atoms with Gasteiger partial charge in [0.05, 0.1) is 24.0 Å². The predicted molar refractivity (Wildman–Crippen MR) is 253 cm³/mol. The Bertz CT molecular complexity index is 2500. The SMILES string of the molecule is N#Cc1ccc(CCNC(C(=O)Nc2ccc(-c3ccc(CC(=O)N4CCC(CN5CC6(CCN(c7ccc(C8CCC(=O)NC8=O)cc7)CC6)C5)CC4)s3)cn2)c2ccccc2)cc1. The summed E-state index contributed by atoms with van der Waals surface area (Å²) in [5.74, 6) is 0.458. The maximum atomic E-state index is 13.6. The summed E-state index contributed by atoms with van der Waals surface area (Å²) in [5.41, 5.74) is 6.09. The average Bonchev–Trinajstić information content (AvgIpc) is 3.79. The number of benzene rings is 3. The fourth-order valence-corrected chi connectivity index (χ4v) is 11.1. The minimum absolute atomic E-state index is 0.180. The van der Waals surface area contributed by atoms with Gasteiger partial charge in [0.25, 0.3) is 0 Å². The van der Waals surface area contributed by atoms with Crippen LogP contribution < -0.4 is 20.9 Å². The highest BCUT2D eigenvalue weighted by molar-refractivity contribution is 7.15. The van der Waals surface area contributed by atoms with Crippen molar-refractivity contribution in [2.45, 2.75) is 63.3 Å². The number of rotatable bonds is 14. The molecule has 1 spiro atoms. The number of anilines is 2.